The van der Waals surface area contributed by atoms with Crippen LogP contribution in [0.5, 0.6) is 0 Å². The lowest BCUT2D eigenvalue weighted by Crippen LogP contribution is -1.96. The lowest BCUT2D eigenvalue weighted by atomic mass is 10.2. The summed E-state index contributed by atoms with van der Waals surface area (Å²) in [5, 5.41) is 12.8. The highest BCUT2D eigenvalue weighted by atomic mass is 32.2. The van der Waals surface area contributed by atoms with Crippen LogP contribution in [-0.4, -0.2) is 15.2 Å². The molecule has 3 nitrogen and oxygen atoms in total. The normalized spacial score (nSPS) is 12.2. The minimum Gasteiger partial charge on any atom is -0.227 e. The van der Waals surface area contributed by atoms with Gasteiger partial charge in [-0.25, -0.2) is 9.97 Å². The van der Waals surface area contributed by atoms with Crippen molar-refractivity contribution in [3.8, 4) is 16.8 Å². The van der Waals surface area contributed by atoms with E-state index in [9.17, 15) is 0 Å². The number of fused-ring (bicyclic) bond motifs is 1. The van der Waals surface area contributed by atoms with E-state index in [0.717, 1.165) is 26.6 Å². The third kappa shape index (κ3) is 2.53. The molecule has 2 aromatic heterocycles. The maximum absolute atomic E-state index is 9.01. The van der Waals surface area contributed by atoms with Crippen LogP contribution in [-0.2, 0) is 0 Å². The Morgan fingerprint density at radius 3 is 2.80 bits per heavy atom. The molecule has 98 valence electrons. The highest BCUT2D eigenvalue weighted by Crippen LogP contribution is 2.31. The molecule has 0 spiro atoms. The van der Waals surface area contributed by atoms with Gasteiger partial charge >= 0.3 is 0 Å². The third-order valence-corrected chi connectivity index (χ3v) is 4.64. The molecule has 3 aromatic rings. The molecular weight excluding hydrogens is 286 g/mol. The van der Waals surface area contributed by atoms with E-state index in [1.54, 1.807) is 11.3 Å². The molecule has 0 fully saturated rings. The molecule has 0 saturated carbocycles. The smallest absolute Gasteiger partial charge is 0.171 e. The summed E-state index contributed by atoms with van der Waals surface area (Å²) in [5.74, 6) is 0.728. The fraction of sp³-hybridized carbons (Fsp3) is 0.133. The zero-order valence-electron chi connectivity index (χ0n) is 10.8. The second kappa shape index (κ2) is 5.61. The van der Waals surface area contributed by atoms with E-state index < -0.39 is 0 Å². The number of rotatable bonds is 3. The van der Waals surface area contributed by atoms with Crippen LogP contribution < -0.4 is 0 Å². The molecule has 20 heavy (non-hydrogen) atoms. The van der Waals surface area contributed by atoms with E-state index in [1.807, 2.05) is 48.7 Å². The first-order valence-electron chi connectivity index (χ1n) is 6.15. The van der Waals surface area contributed by atoms with E-state index >= 15 is 0 Å². The van der Waals surface area contributed by atoms with Crippen LogP contribution in [0.1, 0.15) is 6.92 Å². The summed E-state index contributed by atoms with van der Waals surface area (Å²) >= 11 is 3.10. The molecule has 0 radical (unpaired) electrons. The van der Waals surface area contributed by atoms with Crippen LogP contribution >= 0.6 is 23.1 Å². The van der Waals surface area contributed by atoms with Crippen molar-refractivity contribution in [2.24, 2.45) is 0 Å². The molecule has 0 bridgehead atoms. The Balaban J connectivity index is 2.18. The summed E-state index contributed by atoms with van der Waals surface area (Å²) in [6.07, 6.45) is 0. The van der Waals surface area contributed by atoms with Crippen LogP contribution in [0.15, 0.2) is 46.8 Å². The van der Waals surface area contributed by atoms with Crippen molar-refractivity contribution in [2.75, 3.05) is 0 Å². The van der Waals surface area contributed by atoms with Gasteiger partial charge in [0.2, 0.25) is 0 Å². The summed E-state index contributed by atoms with van der Waals surface area (Å²) in [5.41, 5.74) is 0.915. The molecular formula is C15H11N3S2. The fourth-order valence-electron chi connectivity index (χ4n) is 1.85. The summed E-state index contributed by atoms with van der Waals surface area (Å²) in [7, 11) is 0. The maximum atomic E-state index is 9.01. The van der Waals surface area contributed by atoms with Gasteiger partial charge < -0.3 is 0 Å². The van der Waals surface area contributed by atoms with Crippen molar-refractivity contribution < 1.29 is 0 Å². The number of aromatic nitrogens is 2. The van der Waals surface area contributed by atoms with Crippen LogP contribution in [0.4, 0.5) is 0 Å². The third-order valence-electron chi connectivity index (χ3n) is 2.78. The van der Waals surface area contributed by atoms with Gasteiger partial charge in [-0.15, -0.1) is 11.3 Å². The maximum Gasteiger partial charge on any atom is 0.171 e. The van der Waals surface area contributed by atoms with E-state index in [0.29, 0.717) is 0 Å². The highest BCUT2D eigenvalue weighted by Gasteiger charge is 2.12. The van der Waals surface area contributed by atoms with E-state index in [-0.39, 0.29) is 5.25 Å². The first-order valence-corrected chi connectivity index (χ1v) is 7.91. The number of hydrogen-bond acceptors (Lipinski definition) is 5. The number of thioether (sulfide) groups is 1. The first kappa shape index (κ1) is 13.1. The summed E-state index contributed by atoms with van der Waals surface area (Å²) in [4.78, 5) is 10.3. The average Bonchev–Trinajstić information content (AvgIpc) is 3.01. The van der Waals surface area contributed by atoms with E-state index in [2.05, 4.69) is 16.0 Å². The zero-order chi connectivity index (χ0) is 13.9. The van der Waals surface area contributed by atoms with Gasteiger partial charge in [-0.1, -0.05) is 36.0 Å². The quantitative estimate of drug-likeness (QED) is 0.532. The lowest BCUT2D eigenvalue weighted by Gasteiger charge is -2.08. The molecule has 0 aliphatic heterocycles. The van der Waals surface area contributed by atoms with Crippen molar-refractivity contribution in [3.05, 3.63) is 41.8 Å². The van der Waals surface area contributed by atoms with Crippen molar-refractivity contribution in [2.45, 2.75) is 17.2 Å². The first-order chi connectivity index (χ1) is 9.78. The minimum atomic E-state index is -0.135. The molecule has 5 heteroatoms. The van der Waals surface area contributed by atoms with Gasteiger partial charge in [-0.3, -0.25) is 0 Å². The van der Waals surface area contributed by atoms with E-state index in [1.165, 1.54) is 11.8 Å². The molecule has 1 unspecified atom stereocenters. The number of nitriles is 1. The van der Waals surface area contributed by atoms with Crippen molar-refractivity contribution in [1.29, 1.82) is 5.26 Å². The van der Waals surface area contributed by atoms with Gasteiger partial charge in [-0.05, 0) is 24.4 Å². The largest absolute Gasteiger partial charge is 0.227 e. The van der Waals surface area contributed by atoms with Crippen LogP contribution in [0.3, 0.4) is 0 Å². The molecule has 0 amide bonds. The van der Waals surface area contributed by atoms with Gasteiger partial charge in [0.1, 0.15) is 5.03 Å². The Labute approximate surface area is 125 Å². The van der Waals surface area contributed by atoms with Crippen LogP contribution in [0.25, 0.3) is 21.6 Å². The number of nitrogens with zero attached hydrogens (tertiary/aromatic N) is 3. The lowest BCUT2D eigenvalue weighted by molar-refractivity contribution is 1.11. The predicted molar refractivity (Wildman–Crippen MR) is 83.8 cm³/mol. The standard InChI is InChI=1S/C15H11N3S2/c1-10(9-16)20-15-11-5-2-3-6-12(11)17-14(18-15)13-7-4-8-19-13/h2-8,10H,1H3. The summed E-state index contributed by atoms with van der Waals surface area (Å²) in [6, 6.07) is 14.2. The Hall–Kier alpha value is -1.90. The highest BCUT2D eigenvalue weighted by molar-refractivity contribution is 8.00. The average molecular weight is 297 g/mol. The van der Waals surface area contributed by atoms with Gasteiger partial charge in [0.25, 0.3) is 0 Å². The predicted octanol–water partition coefficient (Wildman–Crippen LogP) is 4.36. The van der Waals surface area contributed by atoms with Crippen LogP contribution in [0, 0.1) is 11.3 Å². The molecule has 3 rings (SSSR count). The Kier molecular flexibility index (Phi) is 3.68. The molecule has 0 N–H and O–H groups in total. The van der Waals surface area contributed by atoms with Crippen molar-refractivity contribution in [1.82, 2.24) is 9.97 Å². The summed E-state index contributed by atoms with van der Waals surface area (Å²) < 4.78 is 0. The molecule has 0 aliphatic carbocycles. The van der Waals surface area contributed by atoms with Gasteiger partial charge in [0.05, 0.1) is 21.7 Å². The van der Waals surface area contributed by atoms with Gasteiger partial charge in [-0.2, -0.15) is 5.26 Å². The van der Waals surface area contributed by atoms with Crippen molar-refractivity contribution in [3.63, 3.8) is 0 Å². The SMILES string of the molecule is CC(C#N)Sc1nc(-c2cccs2)nc2ccccc12. The van der Waals surface area contributed by atoms with Gasteiger partial charge in [0.15, 0.2) is 5.82 Å². The number of thiophene rings is 1. The van der Waals surface area contributed by atoms with Crippen LogP contribution in [0.2, 0.25) is 0 Å². The summed E-state index contributed by atoms with van der Waals surface area (Å²) in [6.45, 7) is 1.88. The van der Waals surface area contributed by atoms with Crippen molar-refractivity contribution >= 4 is 34.0 Å². The zero-order valence-corrected chi connectivity index (χ0v) is 12.4. The minimum absolute atomic E-state index is 0.135. The number of benzene rings is 1. The molecule has 2 heterocycles. The van der Waals surface area contributed by atoms with E-state index in [4.69, 9.17) is 5.26 Å². The fourth-order valence-corrected chi connectivity index (χ4v) is 3.33. The van der Waals surface area contributed by atoms with Gasteiger partial charge in [0, 0.05) is 5.39 Å². The Morgan fingerprint density at radius 2 is 2.05 bits per heavy atom. The second-order valence-electron chi connectivity index (χ2n) is 4.24. The number of hydrogen-bond donors (Lipinski definition) is 0. The Bertz CT molecular complexity index is 775. The number of para-hydroxylation sites is 1. The topological polar surface area (TPSA) is 49.6 Å². The molecule has 1 aromatic carbocycles. The Morgan fingerprint density at radius 1 is 1.20 bits per heavy atom. The molecule has 0 saturated heterocycles. The molecule has 0 aliphatic rings. The molecule has 1 atom stereocenters. The second-order valence-corrected chi connectivity index (χ2v) is 6.51. The monoisotopic (exact) mass is 297 g/mol.